The van der Waals surface area contributed by atoms with Crippen LogP contribution < -0.4 is 11.1 Å². The van der Waals surface area contributed by atoms with Gasteiger partial charge in [-0.05, 0) is 19.3 Å². The molecule has 2 saturated heterocycles. The maximum Gasteiger partial charge on any atom is 0.245 e. The number of amides is 2. The fraction of sp³-hybridized carbons (Fsp3) is 0.800. The molecule has 0 aliphatic carbocycles. The van der Waals surface area contributed by atoms with Crippen LogP contribution in [0, 0.1) is 0 Å². The van der Waals surface area contributed by atoms with Gasteiger partial charge >= 0.3 is 0 Å². The number of likely N-dealkylation sites (tertiary alicyclic amines) is 1. The molecular weight excluding hydrogens is 194 g/mol. The van der Waals surface area contributed by atoms with Crippen molar-refractivity contribution in [3.63, 3.8) is 0 Å². The molecule has 0 radical (unpaired) electrons. The summed E-state index contributed by atoms with van der Waals surface area (Å²) in [7, 11) is 0. The third-order valence-corrected chi connectivity index (χ3v) is 3.23. The van der Waals surface area contributed by atoms with Gasteiger partial charge in [0.2, 0.25) is 11.8 Å². The average Bonchev–Trinajstić information content (AvgIpc) is 2.84. The van der Waals surface area contributed by atoms with Gasteiger partial charge in [-0.1, -0.05) is 0 Å². The molecule has 2 amide bonds. The van der Waals surface area contributed by atoms with Crippen molar-refractivity contribution in [2.45, 2.75) is 37.8 Å². The fourth-order valence-electron chi connectivity index (χ4n) is 2.37. The molecule has 2 heterocycles. The van der Waals surface area contributed by atoms with E-state index in [0.29, 0.717) is 19.4 Å². The van der Waals surface area contributed by atoms with Crippen molar-refractivity contribution < 1.29 is 9.59 Å². The molecular formula is C10H17N3O2. The summed E-state index contributed by atoms with van der Waals surface area (Å²) >= 11 is 0. The Morgan fingerprint density at radius 1 is 1.53 bits per heavy atom. The number of nitrogens with zero attached hydrogens (tertiary/aromatic N) is 1. The molecule has 0 aromatic heterocycles. The van der Waals surface area contributed by atoms with E-state index >= 15 is 0 Å². The number of carbonyl (C=O) groups is 2. The first-order chi connectivity index (χ1) is 7.22. The Morgan fingerprint density at radius 3 is 2.93 bits per heavy atom. The van der Waals surface area contributed by atoms with Crippen molar-refractivity contribution in [2.75, 3.05) is 13.1 Å². The van der Waals surface area contributed by atoms with E-state index in [2.05, 4.69) is 5.32 Å². The summed E-state index contributed by atoms with van der Waals surface area (Å²) in [5.41, 5.74) is 5.61. The molecule has 0 saturated carbocycles. The number of carbonyl (C=O) groups excluding carboxylic acids is 2. The zero-order valence-corrected chi connectivity index (χ0v) is 8.74. The first-order valence-electron chi connectivity index (χ1n) is 5.52. The zero-order chi connectivity index (χ0) is 10.8. The molecule has 15 heavy (non-hydrogen) atoms. The summed E-state index contributed by atoms with van der Waals surface area (Å²) in [6, 6.07) is -0.125. The standard InChI is InChI=1S/C10H17N3O2/c11-6-7-2-1-5-13(7)10(15)8-3-4-9(14)12-8/h7-8H,1-6,11H2,(H,12,14). The van der Waals surface area contributed by atoms with Crippen LogP contribution in [0.5, 0.6) is 0 Å². The van der Waals surface area contributed by atoms with E-state index in [1.165, 1.54) is 0 Å². The van der Waals surface area contributed by atoms with Crippen molar-refractivity contribution in [3.05, 3.63) is 0 Å². The van der Waals surface area contributed by atoms with Crippen LogP contribution in [-0.2, 0) is 9.59 Å². The third kappa shape index (κ3) is 1.97. The Kier molecular flexibility index (Phi) is 2.90. The first-order valence-corrected chi connectivity index (χ1v) is 5.52. The Balaban J connectivity index is 1.98. The lowest BCUT2D eigenvalue weighted by Gasteiger charge is -2.26. The molecule has 5 heteroatoms. The van der Waals surface area contributed by atoms with E-state index < -0.39 is 0 Å². The second-order valence-corrected chi connectivity index (χ2v) is 4.22. The molecule has 0 aromatic carbocycles. The van der Waals surface area contributed by atoms with Crippen LogP contribution in [0.3, 0.4) is 0 Å². The van der Waals surface area contributed by atoms with Crippen molar-refractivity contribution in [2.24, 2.45) is 5.73 Å². The number of hydrogen-bond donors (Lipinski definition) is 2. The molecule has 2 unspecified atom stereocenters. The minimum atomic E-state index is -0.301. The predicted octanol–water partition coefficient (Wildman–Crippen LogP) is -0.785. The molecule has 2 aliphatic heterocycles. The van der Waals surface area contributed by atoms with Gasteiger partial charge in [0.15, 0.2) is 0 Å². The minimum absolute atomic E-state index is 0.0168. The number of rotatable bonds is 2. The van der Waals surface area contributed by atoms with Gasteiger partial charge in [-0.25, -0.2) is 0 Å². The van der Waals surface area contributed by atoms with Crippen molar-refractivity contribution >= 4 is 11.8 Å². The molecule has 0 spiro atoms. The van der Waals surface area contributed by atoms with Crippen LogP contribution in [-0.4, -0.2) is 41.9 Å². The molecule has 5 nitrogen and oxygen atoms in total. The Hall–Kier alpha value is -1.10. The summed E-state index contributed by atoms with van der Waals surface area (Å²) in [6.07, 6.45) is 3.11. The van der Waals surface area contributed by atoms with Gasteiger partial charge in [0.05, 0.1) is 0 Å². The summed E-state index contributed by atoms with van der Waals surface area (Å²) in [4.78, 5) is 24.9. The van der Waals surface area contributed by atoms with Crippen LogP contribution >= 0.6 is 0 Å². The quantitative estimate of drug-likeness (QED) is 0.629. The van der Waals surface area contributed by atoms with E-state index in [4.69, 9.17) is 5.73 Å². The second-order valence-electron chi connectivity index (χ2n) is 4.22. The topological polar surface area (TPSA) is 75.4 Å². The highest BCUT2D eigenvalue weighted by atomic mass is 16.2. The van der Waals surface area contributed by atoms with Crippen LogP contribution in [0.4, 0.5) is 0 Å². The summed E-state index contributed by atoms with van der Waals surface area (Å²) in [5.74, 6) is 0.0330. The average molecular weight is 211 g/mol. The van der Waals surface area contributed by atoms with E-state index in [1.54, 1.807) is 0 Å². The van der Waals surface area contributed by atoms with Crippen molar-refractivity contribution in [1.29, 1.82) is 0 Å². The fourth-order valence-corrected chi connectivity index (χ4v) is 2.37. The van der Waals surface area contributed by atoms with Gasteiger partial charge in [-0.2, -0.15) is 0 Å². The maximum absolute atomic E-state index is 12.0. The van der Waals surface area contributed by atoms with Gasteiger partial charge in [0.1, 0.15) is 6.04 Å². The van der Waals surface area contributed by atoms with Crippen LogP contribution in [0.1, 0.15) is 25.7 Å². The number of nitrogens with one attached hydrogen (secondary N) is 1. The van der Waals surface area contributed by atoms with Gasteiger partial charge < -0.3 is 16.0 Å². The minimum Gasteiger partial charge on any atom is -0.344 e. The Bertz CT molecular complexity index is 280. The lowest BCUT2D eigenvalue weighted by Crippen LogP contribution is -2.48. The summed E-state index contributed by atoms with van der Waals surface area (Å²) < 4.78 is 0. The Morgan fingerprint density at radius 2 is 2.33 bits per heavy atom. The van der Waals surface area contributed by atoms with E-state index in [9.17, 15) is 9.59 Å². The first kappa shape index (κ1) is 10.4. The van der Waals surface area contributed by atoms with Gasteiger partial charge in [0, 0.05) is 25.6 Å². The lowest BCUT2D eigenvalue weighted by atomic mass is 10.1. The maximum atomic E-state index is 12.0. The van der Waals surface area contributed by atoms with Crippen molar-refractivity contribution in [3.8, 4) is 0 Å². The SMILES string of the molecule is NCC1CCCN1C(=O)C1CCC(=O)N1. The summed E-state index contributed by atoms with van der Waals surface area (Å²) in [6.45, 7) is 1.31. The molecule has 2 aliphatic rings. The van der Waals surface area contributed by atoms with E-state index in [1.807, 2.05) is 4.90 Å². The molecule has 0 bridgehead atoms. The predicted molar refractivity (Wildman–Crippen MR) is 55.0 cm³/mol. The number of hydrogen-bond acceptors (Lipinski definition) is 3. The van der Waals surface area contributed by atoms with Crippen LogP contribution in [0.25, 0.3) is 0 Å². The van der Waals surface area contributed by atoms with E-state index in [0.717, 1.165) is 19.4 Å². The summed E-state index contributed by atoms with van der Waals surface area (Å²) in [5, 5.41) is 2.70. The van der Waals surface area contributed by atoms with Gasteiger partial charge in [-0.3, -0.25) is 9.59 Å². The highest BCUT2D eigenvalue weighted by molar-refractivity contribution is 5.91. The van der Waals surface area contributed by atoms with Crippen molar-refractivity contribution in [1.82, 2.24) is 10.2 Å². The largest absolute Gasteiger partial charge is 0.344 e. The molecule has 2 atom stereocenters. The Labute approximate surface area is 89.0 Å². The van der Waals surface area contributed by atoms with E-state index in [-0.39, 0.29) is 23.9 Å². The number of nitrogens with two attached hydrogens (primary N) is 1. The van der Waals surface area contributed by atoms with Gasteiger partial charge in [-0.15, -0.1) is 0 Å². The molecule has 2 fully saturated rings. The molecule has 2 rings (SSSR count). The third-order valence-electron chi connectivity index (χ3n) is 3.23. The normalized spacial score (nSPS) is 30.7. The lowest BCUT2D eigenvalue weighted by molar-refractivity contribution is -0.135. The molecule has 84 valence electrons. The zero-order valence-electron chi connectivity index (χ0n) is 8.74. The van der Waals surface area contributed by atoms with Crippen LogP contribution in [0.2, 0.25) is 0 Å². The smallest absolute Gasteiger partial charge is 0.245 e. The molecule has 0 aromatic rings. The van der Waals surface area contributed by atoms with Gasteiger partial charge in [0.25, 0.3) is 0 Å². The highest BCUT2D eigenvalue weighted by Gasteiger charge is 2.35. The van der Waals surface area contributed by atoms with Crippen LogP contribution in [0.15, 0.2) is 0 Å². The second kappa shape index (κ2) is 4.18. The highest BCUT2D eigenvalue weighted by Crippen LogP contribution is 2.19. The monoisotopic (exact) mass is 211 g/mol. The molecule has 3 N–H and O–H groups in total.